The van der Waals surface area contributed by atoms with Gasteiger partial charge in [-0.1, -0.05) is 0 Å². The zero-order valence-electron chi connectivity index (χ0n) is 4.85. The van der Waals surface area contributed by atoms with Crippen molar-refractivity contribution in [2.75, 3.05) is 6.54 Å². The lowest BCUT2D eigenvalue weighted by Crippen LogP contribution is -3.10. The monoisotopic (exact) mass is 116 g/mol. The van der Waals surface area contributed by atoms with Crippen LogP contribution in [0.25, 0.3) is 5.84 Å². The molecule has 0 amide bonds. The van der Waals surface area contributed by atoms with Gasteiger partial charge in [-0.25, -0.2) is 0 Å². The normalized spacial score (nSPS) is 39.8. The summed E-state index contributed by atoms with van der Waals surface area (Å²) in [5, 5.41) is 9.48. The SMILES string of the molecule is [NH-][NH+]1CCCCC1O. The molecular formula is C5H12N2O. The maximum Gasteiger partial charge on any atom is 0.179 e. The van der Waals surface area contributed by atoms with E-state index in [9.17, 15) is 0 Å². The molecule has 8 heavy (non-hydrogen) atoms. The minimum absolute atomic E-state index is 0.413. The number of nitrogens with one attached hydrogen (secondary N) is 2. The average molecular weight is 116 g/mol. The Morgan fingerprint density at radius 2 is 2.25 bits per heavy atom. The second kappa shape index (κ2) is 2.44. The molecule has 0 aromatic carbocycles. The molecule has 1 aliphatic heterocycles. The zero-order valence-corrected chi connectivity index (χ0v) is 4.85. The number of hydrogen-bond donors (Lipinski definition) is 2. The number of hydrogen-bond acceptors (Lipinski definition) is 1. The van der Waals surface area contributed by atoms with Crippen molar-refractivity contribution in [1.29, 1.82) is 0 Å². The third-order valence-corrected chi connectivity index (χ3v) is 1.58. The van der Waals surface area contributed by atoms with Crippen LogP contribution in [0.1, 0.15) is 19.3 Å². The van der Waals surface area contributed by atoms with E-state index in [4.69, 9.17) is 10.9 Å². The van der Waals surface area contributed by atoms with Gasteiger partial charge < -0.3 is 16.0 Å². The fourth-order valence-electron chi connectivity index (χ4n) is 0.994. The van der Waals surface area contributed by atoms with Crippen molar-refractivity contribution in [2.45, 2.75) is 25.5 Å². The van der Waals surface area contributed by atoms with E-state index in [-0.39, 0.29) is 0 Å². The molecule has 1 saturated heterocycles. The van der Waals surface area contributed by atoms with Crippen LogP contribution in [0.2, 0.25) is 0 Å². The molecule has 1 rings (SSSR count). The van der Waals surface area contributed by atoms with Crippen molar-refractivity contribution >= 4 is 0 Å². The van der Waals surface area contributed by atoms with E-state index in [1.54, 1.807) is 0 Å². The Morgan fingerprint density at radius 1 is 1.50 bits per heavy atom. The van der Waals surface area contributed by atoms with Crippen molar-refractivity contribution in [3.05, 3.63) is 5.84 Å². The van der Waals surface area contributed by atoms with Crippen LogP contribution in [0, 0.1) is 0 Å². The fourth-order valence-corrected chi connectivity index (χ4v) is 0.994. The van der Waals surface area contributed by atoms with Crippen LogP contribution < -0.4 is 5.01 Å². The molecule has 1 aliphatic rings. The molecule has 0 saturated carbocycles. The Hall–Kier alpha value is -0.120. The van der Waals surface area contributed by atoms with Crippen LogP contribution in [-0.2, 0) is 0 Å². The maximum absolute atomic E-state index is 8.95. The Balaban J connectivity index is 2.28. The Kier molecular flexibility index (Phi) is 1.83. The lowest BCUT2D eigenvalue weighted by molar-refractivity contribution is -0.906. The lowest BCUT2D eigenvalue weighted by atomic mass is 10.1. The molecule has 2 unspecified atom stereocenters. The van der Waals surface area contributed by atoms with Gasteiger partial charge in [0.05, 0.1) is 6.54 Å². The molecule has 0 spiro atoms. The second-order valence-electron chi connectivity index (χ2n) is 2.29. The number of quaternary nitrogens is 1. The third kappa shape index (κ3) is 1.18. The topological polar surface area (TPSA) is 48.5 Å². The number of piperidine rings is 1. The summed E-state index contributed by atoms with van der Waals surface area (Å²) in [5.74, 6) is 7.14. The van der Waals surface area contributed by atoms with Gasteiger partial charge in [-0.2, -0.15) is 0 Å². The standard InChI is InChI=1S/C5H12N2O/c6-7-4-2-1-3-5(7)8/h5-8H,1-4H2. The highest BCUT2D eigenvalue weighted by Crippen LogP contribution is 1.99. The Labute approximate surface area is 49.1 Å². The van der Waals surface area contributed by atoms with Gasteiger partial charge in [-0.05, 0) is 12.8 Å². The molecule has 1 fully saturated rings. The molecule has 0 bridgehead atoms. The first-order valence-corrected chi connectivity index (χ1v) is 3.06. The molecule has 1 heterocycles. The van der Waals surface area contributed by atoms with Crippen molar-refractivity contribution in [3.63, 3.8) is 0 Å². The molecule has 0 aliphatic carbocycles. The third-order valence-electron chi connectivity index (χ3n) is 1.58. The van der Waals surface area contributed by atoms with Gasteiger partial charge in [0.15, 0.2) is 6.23 Å². The predicted octanol–water partition coefficient (Wildman–Crippen LogP) is -0.659. The Morgan fingerprint density at radius 3 is 2.62 bits per heavy atom. The summed E-state index contributed by atoms with van der Waals surface area (Å²) in [6.45, 7) is 0.807. The molecule has 3 nitrogen and oxygen atoms in total. The van der Waals surface area contributed by atoms with Gasteiger partial charge in [-0.15, -0.1) is 0 Å². The molecule has 2 atom stereocenters. The first kappa shape index (κ1) is 6.01. The largest absolute Gasteiger partial charge is 0.467 e. The molecule has 3 heteroatoms. The van der Waals surface area contributed by atoms with Crippen molar-refractivity contribution in [3.8, 4) is 0 Å². The molecule has 0 aromatic heterocycles. The van der Waals surface area contributed by atoms with Gasteiger partial charge in [-0.3, -0.25) is 0 Å². The van der Waals surface area contributed by atoms with Crippen molar-refractivity contribution in [2.24, 2.45) is 0 Å². The Bertz CT molecular complexity index is 66.8. The van der Waals surface area contributed by atoms with Crippen LogP contribution in [-0.4, -0.2) is 17.9 Å². The van der Waals surface area contributed by atoms with E-state index in [0.29, 0.717) is 5.01 Å². The van der Waals surface area contributed by atoms with E-state index in [1.165, 1.54) is 0 Å². The van der Waals surface area contributed by atoms with Gasteiger partial charge in [0.1, 0.15) is 0 Å². The first-order valence-electron chi connectivity index (χ1n) is 3.06. The van der Waals surface area contributed by atoms with Gasteiger partial charge in [0, 0.05) is 6.42 Å². The summed E-state index contributed by atoms with van der Waals surface area (Å²) < 4.78 is 0. The molecule has 48 valence electrons. The van der Waals surface area contributed by atoms with E-state index >= 15 is 0 Å². The molecular weight excluding hydrogens is 104 g/mol. The summed E-state index contributed by atoms with van der Waals surface area (Å²) >= 11 is 0. The highest BCUT2D eigenvalue weighted by molar-refractivity contribution is 4.49. The lowest BCUT2D eigenvalue weighted by Gasteiger charge is -2.30. The second-order valence-corrected chi connectivity index (χ2v) is 2.29. The summed E-state index contributed by atoms with van der Waals surface area (Å²) in [6.07, 6.45) is 2.57. The van der Waals surface area contributed by atoms with Crippen molar-refractivity contribution < 1.29 is 10.1 Å². The first-order chi connectivity index (χ1) is 3.80. The average Bonchev–Trinajstić information content (AvgIpc) is 1.77. The smallest absolute Gasteiger partial charge is 0.179 e. The van der Waals surface area contributed by atoms with E-state index in [0.717, 1.165) is 25.8 Å². The van der Waals surface area contributed by atoms with E-state index in [2.05, 4.69) is 0 Å². The molecule has 0 aromatic rings. The maximum atomic E-state index is 8.95. The predicted molar refractivity (Wildman–Crippen MR) is 30.0 cm³/mol. The van der Waals surface area contributed by atoms with Crippen LogP contribution >= 0.6 is 0 Å². The van der Waals surface area contributed by atoms with Gasteiger partial charge in [0.2, 0.25) is 0 Å². The van der Waals surface area contributed by atoms with Gasteiger partial charge >= 0.3 is 0 Å². The highest BCUT2D eigenvalue weighted by Gasteiger charge is 2.14. The minimum atomic E-state index is -0.413. The van der Waals surface area contributed by atoms with Gasteiger partial charge in [0.25, 0.3) is 0 Å². The quantitative estimate of drug-likeness (QED) is 0.433. The van der Waals surface area contributed by atoms with Crippen LogP contribution in [0.5, 0.6) is 0 Å². The number of aliphatic hydroxyl groups is 1. The van der Waals surface area contributed by atoms with Crippen LogP contribution in [0.4, 0.5) is 0 Å². The van der Waals surface area contributed by atoms with E-state index < -0.39 is 6.23 Å². The zero-order chi connectivity index (χ0) is 5.98. The molecule has 0 radical (unpaired) electrons. The van der Waals surface area contributed by atoms with Crippen LogP contribution in [0.15, 0.2) is 0 Å². The van der Waals surface area contributed by atoms with Crippen molar-refractivity contribution in [1.82, 2.24) is 0 Å². The van der Waals surface area contributed by atoms with Crippen LogP contribution in [0.3, 0.4) is 0 Å². The highest BCUT2D eigenvalue weighted by atomic mass is 16.3. The minimum Gasteiger partial charge on any atom is -0.467 e. The summed E-state index contributed by atoms with van der Waals surface area (Å²) in [4.78, 5) is 0. The fraction of sp³-hybridized carbons (Fsp3) is 1.00. The number of aliphatic hydroxyl groups excluding tert-OH is 1. The summed E-state index contributed by atoms with van der Waals surface area (Å²) in [5.41, 5.74) is 0. The summed E-state index contributed by atoms with van der Waals surface area (Å²) in [7, 11) is 0. The van der Waals surface area contributed by atoms with E-state index in [1.807, 2.05) is 0 Å². The number of rotatable bonds is 0. The summed E-state index contributed by atoms with van der Waals surface area (Å²) in [6, 6.07) is 0. The molecule has 3 N–H and O–H groups in total.